The van der Waals surface area contributed by atoms with Gasteiger partial charge in [-0.05, 0) is 30.7 Å². The molecule has 2 heterocycles. The average molecular weight is 364 g/mol. The zero-order valence-electron chi connectivity index (χ0n) is 12.3. The van der Waals surface area contributed by atoms with E-state index in [2.05, 4.69) is 21.4 Å². The molecular formula is C16H14ClN3OS2. The van der Waals surface area contributed by atoms with E-state index >= 15 is 0 Å². The third kappa shape index (κ3) is 4.07. The van der Waals surface area contributed by atoms with Crippen LogP contribution in [0.5, 0.6) is 0 Å². The molecule has 1 amide bonds. The van der Waals surface area contributed by atoms with Crippen molar-refractivity contribution in [2.75, 3.05) is 5.32 Å². The fraction of sp³-hybridized carbons (Fsp3) is 0.188. The van der Waals surface area contributed by atoms with E-state index < -0.39 is 0 Å². The summed E-state index contributed by atoms with van der Waals surface area (Å²) in [4.78, 5) is 20.9. The number of amides is 1. The molecule has 118 valence electrons. The van der Waals surface area contributed by atoms with E-state index in [-0.39, 0.29) is 16.3 Å². The lowest BCUT2D eigenvalue weighted by molar-refractivity contribution is -0.115. The van der Waals surface area contributed by atoms with Crippen LogP contribution in [0.4, 0.5) is 11.4 Å². The van der Waals surface area contributed by atoms with Crippen molar-refractivity contribution < 1.29 is 4.79 Å². The summed E-state index contributed by atoms with van der Waals surface area (Å²) < 4.78 is 0.906. The predicted molar refractivity (Wildman–Crippen MR) is 99.8 cm³/mol. The fourth-order valence-electron chi connectivity index (χ4n) is 1.99. The zero-order valence-corrected chi connectivity index (χ0v) is 14.7. The standard InChI is InChI=1S/C16H14ClN3OS2/c1-10(15(21)19-13-7-4-8-18-14(13)17)23-16-20-12-6-3-2-5-11(12)9-22-16/h2-8,10H,9H2,1H3,(H,19,21)/t10-/m1/s1. The van der Waals surface area contributed by atoms with Gasteiger partial charge in [-0.3, -0.25) is 4.79 Å². The first-order valence-electron chi connectivity index (χ1n) is 7.01. The van der Waals surface area contributed by atoms with Crippen molar-refractivity contribution in [2.45, 2.75) is 17.9 Å². The number of anilines is 1. The molecule has 4 nitrogen and oxygen atoms in total. The Hall–Kier alpha value is -1.50. The van der Waals surface area contributed by atoms with Crippen molar-refractivity contribution in [3.05, 3.63) is 53.3 Å². The van der Waals surface area contributed by atoms with Crippen molar-refractivity contribution >= 4 is 56.8 Å². The van der Waals surface area contributed by atoms with Gasteiger partial charge in [0.1, 0.15) is 4.38 Å². The van der Waals surface area contributed by atoms with Gasteiger partial charge in [0, 0.05) is 11.9 Å². The number of benzene rings is 1. The Labute approximate surface area is 148 Å². The molecular weight excluding hydrogens is 350 g/mol. The van der Waals surface area contributed by atoms with E-state index in [1.165, 1.54) is 17.3 Å². The van der Waals surface area contributed by atoms with Gasteiger partial charge in [0.2, 0.25) is 5.91 Å². The van der Waals surface area contributed by atoms with Crippen molar-refractivity contribution in [3.8, 4) is 0 Å². The second kappa shape index (κ2) is 7.38. The van der Waals surface area contributed by atoms with Crippen molar-refractivity contribution in [1.82, 2.24) is 4.98 Å². The first kappa shape index (κ1) is 16.4. The number of nitrogens with zero attached hydrogens (tertiary/aromatic N) is 2. The van der Waals surface area contributed by atoms with Gasteiger partial charge >= 0.3 is 0 Å². The summed E-state index contributed by atoms with van der Waals surface area (Å²) in [6, 6.07) is 11.5. The Morgan fingerprint density at radius 2 is 2.17 bits per heavy atom. The van der Waals surface area contributed by atoms with Crippen LogP contribution in [0.1, 0.15) is 12.5 Å². The molecule has 0 spiro atoms. The van der Waals surface area contributed by atoms with Gasteiger partial charge in [-0.1, -0.05) is 53.3 Å². The van der Waals surface area contributed by atoms with Crippen LogP contribution in [0, 0.1) is 0 Å². The van der Waals surface area contributed by atoms with Crippen LogP contribution in [-0.2, 0) is 10.5 Å². The highest BCUT2D eigenvalue weighted by Gasteiger charge is 2.20. The molecule has 1 aromatic heterocycles. The Morgan fingerprint density at radius 3 is 3.00 bits per heavy atom. The maximum atomic E-state index is 12.3. The number of hydrogen-bond acceptors (Lipinski definition) is 5. The summed E-state index contributed by atoms with van der Waals surface area (Å²) >= 11 is 9.07. The van der Waals surface area contributed by atoms with Crippen LogP contribution >= 0.6 is 35.1 Å². The van der Waals surface area contributed by atoms with Gasteiger partial charge in [-0.25, -0.2) is 9.98 Å². The first-order valence-corrected chi connectivity index (χ1v) is 9.25. The van der Waals surface area contributed by atoms with Crippen LogP contribution in [0.3, 0.4) is 0 Å². The number of para-hydroxylation sites is 1. The molecule has 23 heavy (non-hydrogen) atoms. The van der Waals surface area contributed by atoms with E-state index in [4.69, 9.17) is 11.6 Å². The molecule has 0 bridgehead atoms. The largest absolute Gasteiger partial charge is 0.322 e. The molecule has 1 aromatic carbocycles. The van der Waals surface area contributed by atoms with Crippen molar-refractivity contribution in [2.24, 2.45) is 4.99 Å². The Bertz CT molecular complexity index is 766. The van der Waals surface area contributed by atoms with Gasteiger partial charge in [-0.2, -0.15) is 0 Å². The summed E-state index contributed by atoms with van der Waals surface area (Å²) in [5.74, 6) is 0.761. The molecule has 3 rings (SSSR count). The number of aliphatic imine (C=N–C) groups is 1. The molecule has 0 radical (unpaired) electrons. The number of halogens is 1. The van der Waals surface area contributed by atoms with Gasteiger partial charge in [0.05, 0.1) is 16.6 Å². The molecule has 1 aliphatic heterocycles. The number of carbonyl (C=O) groups excluding carboxylic acids is 1. The van der Waals surface area contributed by atoms with Crippen molar-refractivity contribution in [1.29, 1.82) is 0 Å². The van der Waals surface area contributed by atoms with Crippen molar-refractivity contribution in [3.63, 3.8) is 0 Å². The third-order valence-corrected chi connectivity index (χ3v) is 5.82. The average Bonchev–Trinajstić information content (AvgIpc) is 2.56. The highest BCUT2D eigenvalue weighted by molar-refractivity contribution is 8.39. The maximum Gasteiger partial charge on any atom is 0.237 e. The van der Waals surface area contributed by atoms with E-state index in [0.717, 1.165) is 15.8 Å². The summed E-state index contributed by atoms with van der Waals surface area (Å²) in [5.41, 5.74) is 2.73. The van der Waals surface area contributed by atoms with Gasteiger partial charge in [0.15, 0.2) is 5.15 Å². The quantitative estimate of drug-likeness (QED) is 0.801. The second-order valence-electron chi connectivity index (χ2n) is 4.89. The van der Waals surface area contributed by atoms with Crippen LogP contribution in [-0.4, -0.2) is 20.5 Å². The number of thioether (sulfide) groups is 2. The third-order valence-electron chi connectivity index (χ3n) is 3.22. The lowest BCUT2D eigenvalue weighted by Crippen LogP contribution is -2.23. The number of rotatable bonds is 3. The van der Waals surface area contributed by atoms with Gasteiger partial charge in [0.25, 0.3) is 0 Å². The summed E-state index contributed by atoms with van der Waals surface area (Å²) in [6.45, 7) is 1.86. The summed E-state index contributed by atoms with van der Waals surface area (Å²) in [5, 5.41) is 2.81. The number of hydrogen-bond donors (Lipinski definition) is 1. The fourth-order valence-corrected chi connectivity index (χ4v) is 4.34. The predicted octanol–water partition coefficient (Wildman–Crippen LogP) is 4.73. The van der Waals surface area contributed by atoms with E-state index in [9.17, 15) is 4.79 Å². The van der Waals surface area contributed by atoms with Crippen LogP contribution < -0.4 is 5.32 Å². The lowest BCUT2D eigenvalue weighted by Gasteiger charge is -2.17. The minimum absolute atomic E-state index is 0.118. The summed E-state index contributed by atoms with van der Waals surface area (Å²) in [7, 11) is 0. The second-order valence-corrected chi connectivity index (χ2v) is 7.80. The number of aromatic nitrogens is 1. The molecule has 0 fully saturated rings. The number of pyridine rings is 1. The Balaban J connectivity index is 1.65. The Kier molecular flexibility index (Phi) is 5.25. The minimum atomic E-state index is -0.275. The molecule has 7 heteroatoms. The highest BCUT2D eigenvalue weighted by atomic mass is 35.5. The molecule has 1 aliphatic rings. The van der Waals surface area contributed by atoms with Gasteiger partial charge < -0.3 is 5.32 Å². The number of nitrogens with one attached hydrogen (secondary N) is 1. The lowest BCUT2D eigenvalue weighted by atomic mass is 10.2. The van der Waals surface area contributed by atoms with E-state index in [1.807, 2.05) is 25.1 Å². The number of fused-ring (bicyclic) bond motifs is 1. The number of carbonyl (C=O) groups is 1. The minimum Gasteiger partial charge on any atom is -0.322 e. The monoisotopic (exact) mass is 363 g/mol. The SMILES string of the molecule is C[C@@H](SC1=Nc2ccccc2CS1)C(=O)Nc1cccnc1Cl. The Morgan fingerprint density at radius 1 is 1.35 bits per heavy atom. The smallest absolute Gasteiger partial charge is 0.237 e. The van der Waals surface area contributed by atoms with Gasteiger partial charge in [-0.15, -0.1) is 0 Å². The molecule has 1 atom stereocenters. The normalized spacial score (nSPS) is 14.6. The molecule has 1 N–H and O–H groups in total. The first-order chi connectivity index (χ1) is 11.1. The highest BCUT2D eigenvalue weighted by Crippen LogP contribution is 2.36. The molecule has 0 aliphatic carbocycles. The molecule has 0 saturated heterocycles. The molecule has 0 unspecified atom stereocenters. The molecule has 2 aromatic rings. The topological polar surface area (TPSA) is 54.4 Å². The van der Waals surface area contributed by atoms with E-state index in [0.29, 0.717) is 5.69 Å². The maximum absolute atomic E-state index is 12.3. The van der Waals surface area contributed by atoms with Crippen LogP contribution in [0.25, 0.3) is 0 Å². The van der Waals surface area contributed by atoms with Crippen LogP contribution in [0.2, 0.25) is 5.15 Å². The zero-order chi connectivity index (χ0) is 16.2. The van der Waals surface area contributed by atoms with E-state index in [1.54, 1.807) is 30.1 Å². The van der Waals surface area contributed by atoms with Crippen LogP contribution in [0.15, 0.2) is 47.6 Å². The summed E-state index contributed by atoms with van der Waals surface area (Å²) in [6.07, 6.45) is 1.58. The molecule has 0 saturated carbocycles.